The second-order valence-corrected chi connectivity index (χ2v) is 6.32. The van der Waals surface area contributed by atoms with E-state index < -0.39 is 0 Å². The third-order valence-corrected chi connectivity index (χ3v) is 4.69. The van der Waals surface area contributed by atoms with Gasteiger partial charge in [0.1, 0.15) is 5.78 Å². The minimum atomic E-state index is -0.0770. The summed E-state index contributed by atoms with van der Waals surface area (Å²) >= 11 is 0. The van der Waals surface area contributed by atoms with Crippen LogP contribution in [0.25, 0.3) is 0 Å². The first-order valence-corrected chi connectivity index (χ1v) is 8.24. The minimum Gasteiger partial charge on any atom is -0.377 e. The van der Waals surface area contributed by atoms with Gasteiger partial charge in [-0.1, -0.05) is 6.42 Å². The highest BCUT2D eigenvalue weighted by atomic mass is 16.5. The van der Waals surface area contributed by atoms with E-state index >= 15 is 0 Å². The van der Waals surface area contributed by atoms with Crippen molar-refractivity contribution in [3.8, 4) is 0 Å². The van der Waals surface area contributed by atoms with E-state index in [9.17, 15) is 9.59 Å². The van der Waals surface area contributed by atoms with Crippen molar-refractivity contribution in [2.45, 2.75) is 58.5 Å². The topological polar surface area (TPSA) is 49.9 Å². The fourth-order valence-corrected chi connectivity index (χ4v) is 3.50. The van der Waals surface area contributed by atoms with E-state index in [2.05, 4.69) is 0 Å². The lowest BCUT2D eigenvalue weighted by atomic mass is 9.82. The van der Waals surface area contributed by atoms with Crippen molar-refractivity contribution in [1.82, 2.24) is 9.80 Å². The van der Waals surface area contributed by atoms with E-state index in [1.54, 1.807) is 0 Å². The number of rotatable bonds is 3. The van der Waals surface area contributed by atoms with Gasteiger partial charge in [0.15, 0.2) is 0 Å². The number of nitrogens with zero attached hydrogens (tertiary/aromatic N) is 2. The van der Waals surface area contributed by atoms with Crippen molar-refractivity contribution in [3.63, 3.8) is 0 Å². The highest BCUT2D eigenvalue weighted by molar-refractivity contribution is 5.83. The summed E-state index contributed by atoms with van der Waals surface area (Å²) in [5.74, 6) is 0.274. The van der Waals surface area contributed by atoms with Gasteiger partial charge in [-0.3, -0.25) is 4.79 Å². The number of carbonyl (C=O) groups is 2. The quantitative estimate of drug-likeness (QED) is 0.803. The Labute approximate surface area is 127 Å². The number of amides is 2. The molecule has 0 radical (unpaired) electrons. The summed E-state index contributed by atoms with van der Waals surface area (Å²) in [4.78, 5) is 28.8. The van der Waals surface area contributed by atoms with Crippen molar-refractivity contribution in [2.75, 3.05) is 26.3 Å². The van der Waals surface area contributed by atoms with E-state index in [-0.39, 0.29) is 24.0 Å². The van der Waals surface area contributed by atoms with E-state index in [4.69, 9.17) is 4.74 Å². The van der Waals surface area contributed by atoms with Gasteiger partial charge in [0.05, 0.1) is 19.3 Å². The van der Waals surface area contributed by atoms with Gasteiger partial charge < -0.3 is 14.5 Å². The van der Waals surface area contributed by atoms with Crippen LogP contribution in [0.5, 0.6) is 0 Å². The van der Waals surface area contributed by atoms with Crippen LogP contribution in [0.3, 0.4) is 0 Å². The van der Waals surface area contributed by atoms with Crippen molar-refractivity contribution in [2.24, 2.45) is 5.92 Å². The zero-order chi connectivity index (χ0) is 15.4. The first-order valence-electron chi connectivity index (χ1n) is 8.24. The highest BCUT2D eigenvalue weighted by Crippen LogP contribution is 2.28. The zero-order valence-electron chi connectivity index (χ0n) is 13.5. The van der Waals surface area contributed by atoms with Crippen LogP contribution in [0.1, 0.15) is 46.5 Å². The molecular weight excluding hydrogens is 268 g/mol. The summed E-state index contributed by atoms with van der Waals surface area (Å²) in [5.41, 5.74) is 0. The van der Waals surface area contributed by atoms with Gasteiger partial charge in [0.25, 0.3) is 0 Å². The van der Waals surface area contributed by atoms with E-state index in [0.717, 1.165) is 19.3 Å². The van der Waals surface area contributed by atoms with Crippen LogP contribution >= 0.6 is 0 Å². The second kappa shape index (κ2) is 7.25. The molecule has 2 aliphatic rings. The van der Waals surface area contributed by atoms with Crippen LogP contribution in [-0.2, 0) is 9.53 Å². The number of ketones is 1. The molecule has 1 aliphatic carbocycles. The molecule has 5 nitrogen and oxygen atoms in total. The summed E-state index contributed by atoms with van der Waals surface area (Å²) in [7, 11) is 0. The molecule has 21 heavy (non-hydrogen) atoms. The zero-order valence-corrected chi connectivity index (χ0v) is 13.5. The largest absolute Gasteiger partial charge is 0.377 e. The third kappa shape index (κ3) is 3.57. The molecule has 2 atom stereocenters. The summed E-state index contributed by atoms with van der Waals surface area (Å²) in [5, 5.41) is 0. The van der Waals surface area contributed by atoms with Crippen LogP contribution in [0.4, 0.5) is 4.79 Å². The number of urea groups is 1. The van der Waals surface area contributed by atoms with E-state index in [1.807, 2.05) is 30.6 Å². The SMILES string of the molecule is CCN(C(=O)N1CCOCC1C1CCCCC1=O)C(C)C. The lowest BCUT2D eigenvalue weighted by Gasteiger charge is -2.43. The summed E-state index contributed by atoms with van der Waals surface area (Å²) < 4.78 is 5.57. The van der Waals surface area contributed by atoms with Crippen LogP contribution in [0.15, 0.2) is 0 Å². The molecule has 0 spiro atoms. The van der Waals surface area contributed by atoms with Gasteiger partial charge in [-0.25, -0.2) is 4.79 Å². The Morgan fingerprint density at radius 1 is 1.43 bits per heavy atom. The third-order valence-electron chi connectivity index (χ3n) is 4.69. The van der Waals surface area contributed by atoms with Crippen LogP contribution in [0, 0.1) is 5.92 Å². The summed E-state index contributed by atoms with van der Waals surface area (Å²) in [6.45, 7) is 8.41. The van der Waals surface area contributed by atoms with E-state index in [1.165, 1.54) is 0 Å². The molecule has 0 N–H and O–H groups in total. The Hall–Kier alpha value is -1.10. The van der Waals surface area contributed by atoms with Gasteiger partial charge in [0.2, 0.25) is 0 Å². The van der Waals surface area contributed by atoms with Crippen molar-refractivity contribution in [1.29, 1.82) is 0 Å². The maximum absolute atomic E-state index is 12.8. The molecule has 1 saturated heterocycles. The molecule has 0 bridgehead atoms. The van der Waals surface area contributed by atoms with E-state index in [0.29, 0.717) is 38.5 Å². The normalized spacial score (nSPS) is 27.0. The standard InChI is InChI=1S/C16H28N2O3/c1-4-17(12(2)3)16(20)18-9-10-21-11-14(18)13-7-5-6-8-15(13)19/h12-14H,4-11H2,1-3H3. The Morgan fingerprint density at radius 2 is 2.19 bits per heavy atom. The fourth-order valence-electron chi connectivity index (χ4n) is 3.50. The smallest absolute Gasteiger partial charge is 0.320 e. The Balaban J connectivity index is 2.14. The monoisotopic (exact) mass is 296 g/mol. The molecule has 1 saturated carbocycles. The van der Waals surface area contributed by atoms with Gasteiger partial charge in [0, 0.05) is 31.5 Å². The molecule has 120 valence electrons. The predicted octanol–water partition coefficient (Wildman–Crippen LogP) is 2.30. The number of Topliss-reactive ketones (excluding diaryl/α,β-unsaturated/α-hetero) is 1. The molecule has 1 heterocycles. The maximum Gasteiger partial charge on any atom is 0.320 e. The number of carbonyl (C=O) groups excluding carboxylic acids is 2. The summed E-state index contributed by atoms with van der Waals surface area (Å²) in [6.07, 6.45) is 3.62. The van der Waals surface area contributed by atoms with Gasteiger partial charge in [-0.05, 0) is 33.6 Å². The molecule has 2 unspecified atom stereocenters. The molecule has 5 heteroatoms. The van der Waals surface area contributed by atoms with Crippen molar-refractivity contribution >= 4 is 11.8 Å². The van der Waals surface area contributed by atoms with Gasteiger partial charge in [-0.15, -0.1) is 0 Å². The van der Waals surface area contributed by atoms with Gasteiger partial charge >= 0.3 is 6.03 Å². The number of hydrogen-bond donors (Lipinski definition) is 0. The van der Waals surface area contributed by atoms with Crippen LogP contribution < -0.4 is 0 Å². The lowest BCUT2D eigenvalue weighted by Crippen LogP contribution is -2.58. The molecule has 0 aromatic rings. The molecule has 2 fully saturated rings. The van der Waals surface area contributed by atoms with Crippen LogP contribution in [0.2, 0.25) is 0 Å². The molecule has 2 rings (SSSR count). The Bertz CT molecular complexity index is 384. The van der Waals surface area contributed by atoms with Crippen LogP contribution in [-0.4, -0.2) is 60.0 Å². The molecule has 2 amide bonds. The Kier molecular flexibility index (Phi) is 5.62. The first-order chi connectivity index (χ1) is 10.1. The molecular formula is C16H28N2O3. The minimum absolute atomic E-state index is 0.0335. The lowest BCUT2D eigenvalue weighted by molar-refractivity contribution is -0.129. The van der Waals surface area contributed by atoms with Crippen molar-refractivity contribution in [3.05, 3.63) is 0 Å². The van der Waals surface area contributed by atoms with Crippen molar-refractivity contribution < 1.29 is 14.3 Å². The highest BCUT2D eigenvalue weighted by Gasteiger charge is 2.39. The maximum atomic E-state index is 12.8. The van der Waals surface area contributed by atoms with Gasteiger partial charge in [-0.2, -0.15) is 0 Å². The second-order valence-electron chi connectivity index (χ2n) is 6.32. The average molecular weight is 296 g/mol. The molecule has 1 aliphatic heterocycles. The fraction of sp³-hybridized carbons (Fsp3) is 0.875. The Morgan fingerprint density at radius 3 is 2.81 bits per heavy atom. The first kappa shape index (κ1) is 16.3. The number of hydrogen-bond acceptors (Lipinski definition) is 3. The predicted molar refractivity (Wildman–Crippen MR) is 81.2 cm³/mol. The molecule has 0 aromatic heterocycles. The number of morpholine rings is 1. The number of ether oxygens (including phenoxy) is 1. The molecule has 0 aromatic carbocycles. The summed E-state index contributed by atoms with van der Waals surface area (Å²) in [6, 6.07) is 0.152. The average Bonchev–Trinajstić information content (AvgIpc) is 2.48.